The van der Waals surface area contributed by atoms with Crippen LogP contribution in [0, 0.1) is 6.92 Å². The lowest BCUT2D eigenvalue weighted by molar-refractivity contribution is -0.176. The molecule has 0 aliphatic heterocycles. The van der Waals surface area contributed by atoms with Gasteiger partial charge in [-0.2, -0.15) is 0 Å². The Hall–Kier alpha value is -1.97. The summed E-state index contributed by atoms with van der Waals surface area (Å²) in [5, 5.41) is 0. The fourth-order valence-electron chi connectivity index (χ4n) is 2.27. The van der Waals surface area contributed by atoms with Crippen molar-refractivity contribution in [2.75, 3.05) is 14.2 Å². The van der Waals surface area contributed by atoms with Crippen LogP contribution in [0.3, 0.4) is 0 Å². The number of ether oxygens (including phenoxy) is 2. The molecule has 0 saturated heterocycles. The molecule has 0 radical (unpaired) electrons. The van der Waals surface area contributed by atoms with E-state index in [2.05, 4.69) is 0 Å². The van der Waals surface area contributed by atoms with E-state index < -0.39 is 5.79 Å². The number of rotatable bonds is 5. The zero-order valence-corrected chi connectivity index (χ0v) is 11.9. The van der Waals surface area contributed by atoms with Gasteiger partial charge in [-0.25, -0.2) is 0 Å². The Kier molecular flexibility index (Phi) is 4.32. The average Bonchev–Trinajstić information content (AvgIpc) is 2.50. The zero-order chi connectivity index (χ0) is 14.6. The Bertz CT molecular complexity index is 586. The summed E-state index contributed by atoms with van der Waals surface area (Å²) in [6, 6.07) is 16.6. The summed E-state index contributed by atoms with van der Waals surface area (Å²) in [5.74, 6) is -1.62. The van der Waals surface area contributed by atoms with Crippen molar-refractivity contribution >= 4 is 5.78 Å². The van der Waals surface area contributed by atoms with Crippen LogP contribution in [0.5, 0.6) is 0 Å². The molecule has 2 aromatic carbocycles. The third-order valence-corrected chi connectivity index (χ3v) is 3.31. The molecular weight excluding hydrogens is 252 g/mol. The first-order chi connectivity index (χ1) is 9.64. The van der Waals surface area contributed by atoms with Crippen LogP contribution in [-0.2, 0) is 15.3 Å². The minimum Gasteiger partial charge on any atom is -0.343 e. The molecule has 3 nitrogen and oxygen atoms in total. The Morgan fingerprint density at radius 1 is 0.950 bits per heavy atom. The number of aryl methyl sites for hydroxylation is 1. The van der Waals surface area contributed by atoms with Crippen LogP contribution in [0.4, 0.5) is 0 Å². The number of carbonyl (C=O) groups is 1. The smallest absolute Gasteiger partial charge is 0.260 e. The summed E-state index contributed by atoms with van der Waals surface area (Å²) in [5.41, 5.74) is 2.26. The van der Waals surface area contributed by atoms with Crippen LogP contribution in [0.25, 0.3) is 0 Å². The number of hydrogen-bond donors (Lipinski definition) is 0. The quantitative estimate of drug-likeness (QED) is 0.617. The topological polar surface area (TPSA) is 35.5 Å². The number of benzene rings is 2. The molecule has 0 bridgehead atoms. The minimum absolute atomic E-state index is 0.211. The van der Waals surface area contributed by atoms with Crippen LogP contribution < -0.4 is 0 Å². The van der Waals surface area contributed by atoms with Gasteiger partial charge in [-0.05, 0) is 13.0 Å². The normalized spacial score (nSPS) is 11.3. The van der Waals surface area contributed by atoms with Gasteiger partial charge < -0.3 is 9.47 Å². The molecule has 0 amide bonds. The maximum absolute atomic E-state index is 12.8. The molecule has 0 spiro atoms. The van der Waals surface area contributed by atoms with Crippen molar-refractivity contribution < 1.29 is 14.3 Å². The highest BCUT2D eigenvalue weighted by atomic mass is 16.7. The number of Topliss-reactive ketones (excluding diaryl/α,β-unsaturated/α-hetero) is 1. The van der Waals surface area contributed by atoms with Gasteiger partial charge in [0.15, 0.2) is 0 Å². The van der Waals surface area contributed by atoms with Gasteiger partial charge in [-0.3, -0.25) is 4.79 Å². The lowest BCUT2D eigenvalue weighted by atomic mass is 9.95. The van der Waals surface area contributed by atoms with Crippen molar-refractivity contribution in [3.8, 4) is 0 Å². The molecule has 104 valence electrons. The van der Waals surface area contributed by atoms with Crippen molar-refractivity contribution in [3.05, 3.63) is 71.3 Å². The van der Waals surface area contributed by atoms with E-state index in [0.717, 1.165) is 5.56 Å². The lowest BCUT2D eigenvalue weighted by Crippen LogP contribution is -2.40. The first-order valence-electron chi connectivity index (χ1n) is 6.41. The SMILES string of the molecule is COC(OC)(C(=O)c1cccc(C)c1)c1ccccc1. The molecule has 0 fully saturated rings. The van der Waals surface area contributed by atoms with Crippen molar-refractivity contribution in [1.29, 1.82) is 0 Å². The van der Waals surface area contributed by atoms with Crippen molar-refractivity contribution in [1.82, 2.24) is 0 Å². The number of ketones is 1. The second kappa shape index (κ2) is 5.99. The highest BCUT2D eigenvalue weighted by Gasteiger charge is 2.41. The molecule has 2 rings (SSSR count). The summed E-state index contributed by atoms with van der Waals surface area (Å²) in [7, 11) is 2.95. The molecule has 0 aromatic heterocycles. The lowest BCUT2D eigenvalue weighted by Gasteiger charge is -2.29. The minimum atomic E-state index is -1.41. The molecule has 0 atom stereocenters. The van der Waals surface area contributed by atoms with Gasteiger partial charge in [0.2, 0.25) is 5.78 Å². The Labute approximate surface area is 119 Å². The van der Waals surface area contributed by atoms with E-state index in [-0.39, 0.29) is 5.78 Å². The van der Waals surface area contributed by atoms with Gasteiger partial charge in [-0.15, -0.1) is 0 Å². The predicted molar refractivity (Wildman–Crippen MR) is 77.6 cm³/mol. The van der Waals surface area contributed by atoms with Gasteiger partial charge in [0.05, 0.1) is 0 Å². The second-order valence-corrected chi connectivity index (χ2v) is 4.59. The van der Waals surface area contributed by atoms with Crippen LogP contribution in [0.15, 0.2) is 54.6 Å². The maximum atomic E-state index is 12.8. The summed E-state index contributed by atoms with van der Waals surface area (Å²) in [6.45, 7) is 1.95. The van der Waals surface area contributed by atoms with Crippen molar-refractivity contribution in [2.24, 2.45) is 0 Å². The van der Waals surface area contributed by atoms with E-state index in [1.807, 2.05) is 55.5 Å². The summed E-state index contributed by atoms with van der Waals surface area (Å²) >= 11 is 0. The van der Waals surface area contributed by atoms with E-state index >= 15 is 0 Å². The highest BCUT2D eigenvalue weighted by Crippen LogP contribution is 2.30. The van der Waals surface area contributed by atoms with Crippen LogP contribution in [0.2, 0.25) is 0 Å². The molecule has 0 unspecified atom stereocenters. The van der Waals surface area contributed by atoms with Crippen LogP contribution in [0.1, 0.15) is 21.5 Å². The van der Waals surface area contributed by atoms with E-state index in [9.17, 15) is 4.79 Å². The molecule has 0 saturated carbocycles. The zero-order valence-electron chi connectivity index (χ0n) is 11.9. The van der Waals surface area contributed by atoms with Gasteiger partial charge in [0, 0.05) is 25.3 Å². The van der Waals surface area contributed by atoms with E-state index in [0.29, 0.717) is 11.1 Å². The summed E-state index contributed by atoms with van der Waals surface area (Å²) < 4.78 is 10.9. The molecule has 3 heteroatoms. The molecule has 0 heterocycles. The van der Waals surface area contributed by atoms with Crippen molar-refractivity contribution in [2.45, 2.75) is 12.7 Å². The number of methoxy groups -OCH3 is 2. The molecule has 0 aliphatic rings. The van der Waals surface area contributed by atoms with Gasteiger partial charge >= 0.3 is 0 Å². The van der Waals surface area contributed by atoms with E-state index in [1.54, 1.807) is 6.07 Å². The maximum Gasteiger partial charge on any atom is 0.260 e. The first-order valence-corrected chi connectivity index (χ1v) is 6.41. The van der Waals surface area contributed by atoms with E-state index in [4.69, 9.17) is 9.47 Å². The van der Waals surface area contributed by atoms with Crippen LogP contribution in [-0.4, -0.2) is 20.0 Å². The van der Waals surface area contributed by atoms with E-state index in [1.165, 1.54) is 14.2 Å². The Balaban J connectivity index is 2.51. The molecular formula is C17H18O3. The predicted octanol–water partition coefficient (Wildman–Crippen LogP) is 3.32. The highest BCUT2D eigenvalue weighted by molar-refractivity contribution is 6.02. The molecule has 0 N–H and O–H groups in total. The largest absolute Gasteiger partial charge is 0.343 e. The summed E-state index contributed by atoms with van der Waals surface area (Å²) in [4.78, 5) is 12.8. The second-order valence-electron chi connectivity index (χ2n) is 4.59. The standard InChI is InChI=1S/C17H18O3/c1-13-8-7-9-14(12-13)16(18)17(19-2,20-3)15-10-5-4-6-11-15/h4-12H,1-3H3. The van der Waals surface area contributed by atoms with Gasteiger partial charge in [-0.1, -0.05) is 54.1 Å². The summed E-state index contributed by atoms with van der Waals surface area (Å²) in [6.07, 6.45) is 0. The third kappa shape index (κ3) is 2.50. The van der Waals surface area contributed by atoms with Gasteiger partial charge in [0.25, 0.3) is 5.79 Å². The number of carbonyl (C=O) groups excluding carboxylic acids is 1. The number of hydrogen-bond acceptors (Lipinski definition) is 3. The third-order valence-electron chi connectivity index (χ3n) is 3.31. The molecule has 2 aromatic rings. The molecule has 0 aliphatic carbocycles. The molecule has 20 heavy (non-hydrogen) atoms. The average molecular weight is 270 g/mol. The Morgan fingerprint density at radius 2 is 1.60 bits per heavy atom. The monoisotopic (exact) mass is 270 g/mol. The van der Waals surface area contributed by atoms with Crippen molar-refractivity contribution in [3.63, 3.8) is 0 Å². The van der Waals surface area contributed by atoms with Gasteiger partial charge in [0.1, 0.15) is 0 Å². The Morgan fingerprint density at radius 3 is 2.15 bits per heavy atom. The van der Waals surface area contributed by atoms with Crippen LogP contribution >= 0.6 is 0 Å². The fraction of sp³-hybridized carbons (Fsp3) is 0.235. The first kappa shape index (κ1) is 14.4. The fourth-order valence-corrected chi connectivity index (χ4v) is 2.27.